The molecule has 94 valence electrons. The van der Waals surface area contributed by atoms with Gasteiger partial charge in [0.1, 0.15) is 5.38 Å². The summed E-state index contributed by atoms with van der Waals surface area (Å²) in [6.45, 7) is 4.12. The molecule has 0 aliphatic rings. The zero-order valence-corrected chi connectivity index (χ0v) is 12.0. The predicted octanol–water partition coefficient (Wildman–Crippen LogP) is 4.93. The maximum absolute atomic E-state index is 6.58. The first-order valence-corrected chi connectivity index (χ1v) is 6.79. The largest absolute Gasteiger partial charge is 0.259 e. The van der Waals surface area contributed by atoms with Crippen LogP contribution in [-0.2, 0) is 6.42 Å². The number of halogens is 2. The summed E-state index contributed by atoms with van der Waals surface area (Å²) in [6, 6.07) is 9.83. The molecule has 1 unspecified atom stereocenters. The van der Waals surface area contributed by atoms with E-state index in [0.29, 0.717) is 5.02 Å². The molecule has 1 aromatic heterocycles. The van der Waals surface area contributed by atoms with Gasteiger partial charge in [0.15, 0.2) is 0 Å². The lowest BCUT2D eigenvalue weighted by Crippen LogP contribution is -2.03. The van der Waals surface area contributed by atoms with Crippen LogP contribution < -0.4 is 0 Å². The number of alkyl halides is 1. The van der Waals surface area contributed by atoms with Crippen LogP contribution >= 0.6 is 23.2 Å². The van der Waals surface area contributed by atoms with E-state index in [4.69, 9.17) is 23.2 Å². The van der Waals surface area contributed by atoms with Crippen LogP contribution in [0.1, 0.15) is 34.7 Å². The summed E-state index contributed by atoms with van der Waals surface area (Å²) in [7, 11) is 0. The van der Waals surface area contributed by atoms with Crippen LogP contribution in [0.25, 0.3) is 0 Å². The second-order valence-corrected chi connectivity index (χ2v) is 5.08. The summed E-state index contributed by atoms with van der Waals surface area (Å²) >= 11 is 12.9. The second-order valence-electron chi connectivity index (χ2n) is 4.23. The molecule has 0 bridgehead atoms. The van der Waals surface area contributed by atoms with Crippen LogP contribution in [0.4, 0.5) is 0 Å². The molecule has 1 heterocycles. The average molecular weight is 280 g/mol. The van der Waals surface area contributed by atoms with E-state index in [1.165, 1.54) is 5.56 Å². The highest BCUT2D eigenvalue weighted by Gasteiger charge is 2.19. The molecule has 18 heavy (non-hydrogen) atoms. The van der Waals surface area contributed by atoms with Gasteiger partial charge in [0.25, 0.3) is 0 Å². The van der Waals surface area contributed by atoms with Gasteiger partial charge in [-0.1, -0.05) is 36.7 Å². The number of hydrogen-bond donors (Lipinski definition) is 0. The highest BCUT2D eigenvalue weighted by molar-refractivity contribution is 6.33. The molecule has 1 nitrogen and oxygen atoms in total. The van der Waals surface area contributed by atoms with Gasteiger partial charge >= 0.3 is 0 Å². The van der Waals surface area contributed by atoms with E-state index < -0.39 is 0 Å². The van der Waals surface area contributed by atoms with E-state index >= 15 is 0 Å². The maximum atomic E-state index is 6.58. The highest BCUT2D eigenvalue weighted by atomic mass is 35.5. The van der Waals surface area contributed by atoms with Crippen LogP contribution in [0.3, 0.4) is 0 Å². The number of benzene rings is 1. The number of rotatable bonds is 3. The van der Waals surface area contributed by atoms with Crippen molar-refractivity contribution in [2.45, 2.75) is 25.6 Å². The van der Waals surface area contributed by atoms with Crippen molar-refractivity contribution >= 4 is 23.2 Å². The van der Waals surface area contributed by atoms with Gasteiger partial charge in [-0.15, -0.1) is 11.6 Å². The van der Waals surface area contributed by atoms with Gasteiger partial charge in [0, 0.05) is 11.2 Å². The van der Waals surface area contributed by atoms with Crippen LogP contribution in [0.5, 0.6) is 0 Å². The van der Waals surface area contributed by atoms with Crippen molar-refractivity contribution in [1.82, 2.24) is 4.98 Å². The summed E-state index contributed by atoms with van der Waals surface area (Å²) in [5.74, 6) is 0. The molecule has 0 amide bonds. The van der Waals surface area contributed by atoms with Crippen LogP contribution in [0.15, 0.2) is 36.5 Å². The minimum Gasteiger partial charge on any atom is -0.259 e. The third kappa shape index (κ3) is 2.52. The smallest absolute Gasteiger partial charge is 0.103 e. The Balaban J connectivity index is 2.52. The van der Waals surface area contributed by atoms with E-state index in [-0.39, 0.29) is 5.38 Å². The van der Waals surface area contributed by atoms with Crippen LogP contribution in [-0.4, -0.2) is 4.98 Å². The Morgan fingerprint density at radius 2 is 2.00 bits per heavy atom. The van der Waals surface area contributed by atoms with Crippen molar-refractivity contribution in [3.8, 4) is 0 Å². The minimum absolute atomic E-state index is 0.296. The Bertz CT molecular complexity index is 552. The molecule has 0 fully saturated rings. The molecule has 1 aromatic carbocycles. The van der Waals surface area contributed by atoms with Gasteiger partial charge < -0.3 is 0 Å². The molecule has 2 rings (SSSR count). The lowest BCUT2D eigenvalue weighted by Gasteiger charge is -2.17. The van der Waals surface area contributed by atoms with Crippen molar-refractivity contribution in [2.75, 3.05) is 0 Å². The molecule has 3 heteroatoms. The van der Waals surface area contributed by atoms with Crippen molar-refractivity contribution in [1.29, 1.82) is 0 Å². The van der Waals surface area contributed by atoms with Crippen LogP contribution in [0.2, 0.25) is 5.02 Å². The van der Waals surface area contributed by atoms with Gasteiger partial charge in [-0.05, 0) is 42.2 Å². The van der Waals surface area contributed by atoms with Gasteiger partial charge in [-0.3, -0.25) is 4.98 Å². The number of aromatic nitrogens is 1. The van der Waals surface area contributed by atoms with Crippen molar-refractivity contribution < 1.29 is 0 Å². The Labute approximate surface area is 118 Å². The summed E-state index contributed by atoms with van der Waals surface area (Å²) in [6.07, 6.45) is 2.67. The number of aryl methyl sites for hydroxylation is 2. The lowest BCUT2D eigenvalue weighted by atomic mass is 9.98. The molecule has 0 saturated carbocycles. The SMILES string of the molecule is CCc1cccc(Cl)c1C(Cl)c1ncccc1C. The Hall–Kier alpha value is -1.05. The molecule has 0 radical (unpaired) electrons. The predicted molar refractivity (Wildman–Crippen MR) is 77.5 cm³/mol. The van der Waals surface area contributed by atoms with Gasteiger partial charge in [0.2, 0.25) is 0 Å². The summed E-state index contributed by atoms with van der Waals surface area (Å²) in [5, 5.41) is 0.411. The topological polar surface area (TPSA) is 12.9 Å². The Kier molecular flexibility index (Phi) is 4.26. The zero-order valence-electron chi connectivity index (χ0n) is 10.5. The Morgan fingerprint density at radius 1 is 1.22 bits per heavy atom. The first kappa shape index (κ1) is 13.4. The zero-order chi connectivity index (χ0) is 13.1. The van der Waals surface area contributed by atoms with E-state index in [9.17, 15) is 0 Å². The van der Waals surface area contributed by atoms with Gasteiger partial charge in [-0.25, -0.2) is 0 Å². The van der Waals surface area contributed by atoms with E-state index in [2.05, 4.69) is 18.0 Å². The van der Waals surface area contributed by atoms with E-state index in [0.717, 1.165) is 23.2 Å². The highest BCUT2D eigenvalue weighted by Crippen LogP contribution is 2.36. The first-order valence-electron chi connectivity index (χ1n) is 5.98. The van der Waals surface area contributed by atoms with Crippen molar-refractivity contribution in [2.24, 2.45) is 0 Å². The average Bonchev–Trinajstić information content (AvgIpc) is 2.38. The van der Waals surface area contributed by atoms with E-state index in [1.807, 2.05) is 31.2 Å². The molecule has 2 aromatic rings. The third-order valence-corrected chi connectivity index (χ3v) is 3.82. The molecule has 0 spiro atoms. The minimum atomic E-state index is -0.296. The molecule has 0 aliphatic heterocycles. The molecule has 0 aliphatic carbocycles. The maximum Gasteiger partial charge on any atom is 0.103 e. The van der Waals surface area contributed by atoms with Gasteiger partial charge in [-0.2, -0.15) is 0 Å². The number of hydrogen-bond acceptors (Lipinski definition) is 1. The summed E-state index contributed by atoms with van der Waals surface area (Å²) < 4.78 is 0. The monoisotopic (exact) mass is 279 g/mol. The lowest BCUT2D eigenvalue weighted by molar-refractivity contribution is 0.975. The van der Waals surface area contributed by atoms with Crippen molar-refractivity contribution in [3.63, 3.8) is 0 Å². The van der Waals surface area contributed by atoms with Gasteiger partial charge in [0.05, 0.1) is 5.69 Å². The molecule has 1 atom stereocenters. The first-order chi connectivity index (χ1) is 8.65. The fourth-order valence-corrected chi connectivity index (χ4v) is 2.92. The van der Waals surface area contributed by atoms with Crippen LogP contribution in [0, 0.1) is 6.92 Å². The Morgan fingerprint density at radius 3 is 2.67 bits per heavy atom. The number of pyridine rings is 1. The van der Waals surface area contributed by atoms with Crippen molar-refractivity contribution in [3.05, 3.63) is 63.9 Å². The number of nitrogens with zero attached hydrogens (tertiary/aromatic N) is 1. The quantitative estimate of drug-likeness (QED) is 0.726. The third-order valence-electron chi connectivity index (χ3n) is 3.07. The normalized spacial score (nSPS) is 12.4. The molecular formula is C15H15Cl2N. The second kappa shape index (κ2) is 5.73. The fraction of sp³-hybridized carbons (Fsp3) is 0.267. The van der Waals surface area contributed by atoms with E-state index in [1.54, 1.807) is 6.20 Å². The summed E-state index contributed by atoms with van der Waals surface area (Å²) in [4.78, 5) is 4.38. The molecule has 0 N–H and O–H groups in total. The molecular weight excluding hydrogens is 265 g/mol. The fourth-order valence-electron chi connectivity index (χ4n) is 2.07. The molecule has 0 saturated heterocycles. The standard InChI is InChI=1S/C15H15Cl2N/c1-3-11-7-4-8-12(16)13(11)14(17)15-10(2)6-5-9-18-15/h4-9,14H,3H2,1-2H3. The summed E-state index contributed by atoms with van der Waals surface area (Å²) in [5.41, 5.74) is 4.11.